The van der Waals surface area contributed by atoms with Gasteiger partial charge in [-0.05, 0) is 44.6 Å². The van der Waals surface area contributed by atoms with E-state index in [0.29, 0.717) is 11.7 Å². The average molecular weight is 230 g/mol. The summed E-state index contributed by atoms with van der Waals surface area (Å²) in [5.41, 5.74) is 4.07. The van der Waals surface area contributed by atoms with Crippen LogP contribution in [-0.2, 0) is 11.2 Å². The molecule has 0 bridgehead atoms. The van der Waals surface area contributed by atoms with Crippen LogP contribution in [0.5, 0.6) is 0 Å². The zero-order valence-corrected chi connectivity index (χ0v) is 11.0. The van der Waals surface area contributed by atoms with Gasteiger partial charge in [-0.2, -0.15) is 0 Å². The molecule has 1 saturated carbocycles. The Bertz CT molecular complexity index is 386. The molecule has 1 fully saturated rings. The van der Waals surface area contributed by atoms with Crippen LogP contribution in [0.3, 0.4) is 0 Å². The first-order chi connectivity index (χ1) is 8.13. The third-order valence-electron chi connectivity index (χ3n) is 3.64. The molecule has 1 unspecified atom stereocenters. The third-order valence-corrected chi connectivity index (χ3v) is 3.64. The van der Waals surface area contributed by atoms with E-state index in [0.717, 1.165) is 25.7 Å². The van der Waals surface area contributed by atoms with Gasteiger partial charge in [0.25, 0.3) is 0 Å². The highest BCUT2D eigenvalue weighted by Crippen LogP contribution is 2.25. The minimum absolute atomic E-state index is 0.469. The third kappa shape index (κ3) is 3.69. The molecule has 1 aromatic carbocycles. The fraction of sp³-hybridized carbons (Fsp3) is 0.562. The van der Waals surface area contributed by atoms with Gasteiger partial charge in [0.1, 0.15) is 5.78 Å². The van der Waals surface area contributed by atoms with Crippen LogP contribution in [0.1, 0.15) is 48.8 Å². The van der Waals surface area contributed by atoms with Gasteiger partial charge >= 0.3 is 0 Å². The van der Waals surface area contributed by atoms with Crippen molar-refractivity contribution < 1.29 is 4.79 Å². The predicted octanol–water partition coefficient (Wildman–Crippen LogP) is 4.00. The number of carbonyl (C=O) groups is 1. The smallest absolute Gasteiger partial charge is 0.133 e. The Kier molecular flexibility index (Phi) is 3.98. The Morgan fingerprint density at radius 2 is 1.82 bits per heavy atom. The number of carbonyl (C=O) groups excluding carboxylic acids is 1. The van der Waals surface area contributed by atoms with E-state index in [-0.39, 0.29) is 0 Å². The van der Waals surface area contributed by atoms with Gasteiger partial charge in [-0.25, -0.2) is 0 Å². The number of Topliss-reactive ketones (excluding diaryl/α,β-unsaturated/α-hetero) is 1. The maximum Gasteiger partial charge on any atom is 0.133 e. The van der Waals surface area contributed by atoms with Crippen molar-refractivity contribution in [2.75, 3.05) is 0 Å². The number of benzene rings is 1. The fourth-order valence-corrected chi connectivity index (χ4v) is 2.98. The van der Waals surface area contributed by atoms with E-state index >= 15 is 0 Å². The highest BCUT2D eigenvalue weighted by Gasteiger charge is 2.18. The second kappa shape index (κ2) is 5.48. The normalized spacial score (nSPS) is 21.3. The predicted molar refractivity (Wildman–Crippen MR) is 71.2 cm³/mol. The molecule has 0 heterocycles. The summed E-state index contributed by atoms with van der Waals surface area (Å²) in [5, 5.41) is 0. The van der Waals surface area contributed by atoms with Crippen LogP contribution in [0.25, 0.3) is 0 Å². The maximum atomic E-state index is 11.6. The van der Waals surface area contributed by atoms with Crippen molar-refractivity contribution in [1.82, 2.24) is 0 Å². The SMILES string of the molecule is Cc1cc(C)cc(CC2CCCCC(=O)C2)c1. The largest absolute Gasteiger partial charge is 0.300 e. The van der Waals surface area contributed by atoms with Gasteiger partial charge < -0.3 is 0 Å². The van der Waals surface area contributed by atoms with Crippen molar-refractivity contribution in [3.63, 3.8) is 0 Å². The lowest BCUT2D eigenvalue weighted by atomic mass is 9.91. The van der Waals surface area contributed by atoms with E-state index < -0.39 is 0 Å². The molecular formula is C16H22O. The number of rotatable bonds is 2. The van der Waals surface area contributed by atoms with Crippen LogP contribution in [0.15, 0.2) is 18.2 Å². The van der Waals surface area contributed by atoms with Crippen molar-refractivity contribution in [2.24, 2.45) is 5.92 Å². The summed E-state index contributed by atoms with van der Waals surface area (Å²) in [6, 6.07) is 6.74. The van der Waals surface area contributed by atoms with Gasteiger partial charge in [-0.1, -0.05) is 35.7 Å². The molecule has 0 radical (unpaired) electrons. The van der Waals surface area contributed by atoms with Gasteiger partial charge in [-0.15, -0.1) is 0 Å². The van der Waals surface area contributed by atoms with Crippen LogP contribution in [0.4, 0.5) is 0 Å². The van der Waals surface area contributed by atoms with Crippen LogP contribution >= 0.6 is 0 Å². The van der Waals surface area contributed by atoms with Crippen LogP contribution in [-0.4, -0.2) is 5.78 Å². The summed E-state index contributed by atoms with van der Waals surface area (Å²) in [6.45, 7) is 4.30. The molecule has 1 nitrogen and oxygen atoms in total. The van der Waals surface area contributed by atoms with Gasteiger partial charge in [0.05, 0.1) is 0 Å². The minimum atomic E-state index is 0.469. The number of ketones is 1. The Morgan fingerprint density at radius 3 is 2.53 bits per heavy atom. The maximum absolute atomic E-state index is 11.6. The van der Waals surface area contributed by atoms with Crippen LogP contribution in [0, 0.1) is 19.8 Å². The van der Waals surface area contributed by atoms with E-state index in [9.17, 15) is 4.79 Å². The van der Waals surface area contributed by atoms with Gasteiger partial charge in [0.2, 0.25) is 0 Å². The summed E-state index contributed by atoms with van der Waals surface area (Å²) in [5.74, 6) is 1.04. The number of aryl methyl sites for hydroxylation is 2. The Hall–Kier alpha value is -1.11. The van der Waals surface area contributed by atoms with E-state index in [1.54, 1.807) is 0 Å². The molecule has 0 aliphatic heterocycles. The summed E-state index contributed by atoms with van der Waals surface area (Å²) < 4.78 is 0. The lowest BCUT2D eigenvalue weighted by Gasteiger charge is -2.14. The molecule has 1 heteroatoms. The van der Waals surface area contributed by atoms with Crippen molar-refractivity contribution in [1.29, 1.82) is 0 Å². The molecular weight excluding hydrogens is 208 g/mol. The molecule has 0 amide bonds. The highest BCUT2D eigenvalue weighted by atomic mass is 16.1. The van der Waals surface area contributed by atoms with Crippen LogP contribution in [0.2, 0.25) is 0 Å². The van der Waals surface area contributed by atoms with E-state index in [1.165, 1.54) is 29.5 Å². The zero-order valence-electron chi connectivity index (χ0n) is 11.0. The van der Waals surface area contributed by atoms with Gasteiger partial charge in [-0.3, -0.25) is 4.79 Å². The summed E-state index contributed by atoms with van der Waals surface area (Å²) in [7, 11) is 0. The monoisotopic (exact) mass is 230 g/mol. The summed E-state index contributed by atoms with van der Waals surface area (Å²) in [6.07, 6.45) is 6.23. The Morgan fingerprint density at radius 1 is 1.12 bits per heavy atom. The molecule has 0 aromatic heterocycles. The van der Waals surface area contributed by atoms with E-state index in [2.05, 4.69) is 32.0 Å². The zero-order chi connectivity index (χ0) is 12.3. The van der Waals surface area contributed by atoms with Gasteiger partial charge in [0.15, 0.2) is 0 Å². The number of hydrogen-bond acceptors (Lipinski definition) is 1. The van der Waals surface area contributed by atoms with Crippen molar-refractivity contribution >= 4 is 5.78 Å². The van der Waals surface area contributed by atoms with E-state index in [1.807, 2.05) is 0 Å². The highest BCUT2D eigenvalue weighted by molar-refractivity contribution is 5.78. The van der Waals surface area contributed by atoms with Crippen molar-refractivity contribution in [2.45, 2.75) is 52.4 Å². The Labute approximate surface area is 104 Å². The molecule has 92 valence electrons. The quantitative estimate of drug-likeness (QED) is 0.702. The first-order valence-corrected chi connectivity index (χ1v) is 6.72. The topological polar surface area (TPSA) is 17.1 Å². The molecule has 0 spiro atoms. The average Bonchev–Trinajstić information content (AvgIpc) is 2.41. The standard InChI is InChI=1S/C16H22O/c1-12-7-13(2)9-15(8-12)10-14-5-3-4-6-16(17)11-14/h7-9,14H,3-6,10-11H2,1-2H3. The number of hydrogen-bond donors (Lipinski definition) is 0. The summed E-state index contributed by atoms with van der Waals surface area (Å²) in [4.78, 5) is 11.6. The van der Waals surface area contributed by atoms with E-state index in [4.69, 9.17) is 0 Å². The van der Waals surface area contributed by atoms with Gasteiger partial charge in [0, 0.05) is 12.8 Å². The molecule has 1 aliphatic carbocycles. The second-order valence-electron chi connectivity index (χ2n) is 5.55. The Balaban J connectivity index is 2.06. The molecule has 1 aliphatic rings. The molecule has 0 N–H and O–H groups in total. The first-order valence-electron chi connectivity index (χ1n) is 6.72. The molecule has 1 atom stereocenters. The molecule has 17 heavy (non-hydrogen) atoms. The van der Waals surface area contributed by atoms with Crippen LogP contribution < -0.4 is 0 Å². The second-order valence-corrected chi connectivity index (χ2v) is 5.55. The molecule has 1 aromatic rings. The fourth-order valence-electron chi connectivity index (χ4n) is 2.98. The van der Waals surface area contributed by atoms with Crippen molar-refractivity contribution in [3.8, 4) is 0 Å². The first kappa shape index (κ1) is 12.3. The lowest BCUT2D eigenvalue weighted by Crippen LogP contribution is -2.08. The molecule has 2 rings (SSSR count). The lowest BCUT2D eigenvalue weighted by molar-refractivity contribution is -0.119. The summed E-state index contributed by atoms with van der Waals surface area (Å²) >= 11 is 0. The van der Waals surface area contributed by atoms with Crippen molar-refractivity contribution in [3.05, 3.63) is 34.9 Å². The minimum Gasteiger partial charge on any atom is -0.300 e. The molecule has 0 saturated heterocycles.